The van der Waals surface area contributed by atoms with Gasteiger partial charge in [0.25, 0.3) is 0 Å². The summed E-state index contributed by atoms with van der Waals surface area (Å²) in [6, 6.07) is 10.4. The Bertz CT molecular complexity index is 579. The summed E-state index contributed by atoms with van der Waals surface area (Å²) in [6.45, 7) is 3.18. The molecule has 0 saturated carbocycles. The van der Waals surface area contributed by atoms with E-state index in [0.717, 1.165) is 51.7 Å². The minimum absolute atomic E-state index is 0.00357. The molecule has 26 heavy (non-hydrogen) atoms. The van der Waals surface area contributed by atoms with Gasteiger partial charge in [0.15, 0.2) is 0 Å². The van der Waals surface area contributed by atoms with Crippen molar-refractivity contribution >= 4 is 11.8 Å². The zero-order valence-electron chi connectivity index (χ0n) is 15.9. The van der Waals surface area contributed by atoms with Gasteiger partial charge in [0.05, 0.1) is 5.92 Å². The van der Waals surface area contributed by atoms with Crippen LogP contribution in [-0.2, 0) is 16.0 Å². The number of carbonyl (C=O) groups excluding carboxylic acids is 2. The van der Waals surface area contributed by atoms with Gasteiger partial charge in [0.2, 0.25) is 11.8 Å². The second-order valence-corrected chi connectivity index (χ2v) is 7.76. The molecule has 0 bridgehead atoms. The van der Waals surface area contributed by atoms with Crippen LogP contribution in [0.1, 0.15) is 56.9 Å². The molecule has 2 aliphatic rings. The molecule has 0 aliphatic carbocycles. The summed E-state index contributed by atoms with van der Waals surface area (Å²) >= 11 is 0. The number of nitrogens with zero attached hydrogens (tertiary/aromatic N) is 2. The summed E-state index contributed by atoms with van der Waals surface area (Å²) < 4.78 is 0. The number of hydrogen-bond donors (Lipinski definition) is 0. The second-order valence-electron chi connectivity index (χ2n) is 7.76. The van der Waals surface area contributed by atoms with Crippen LogP contribution in [0.15, 0.2) is 30.3 Å². The largest absolute Gasteiger partial charge is 0.342 e. The minimum atomic E-state index is 0.00357. The average Bonchev–Trinajstić information content (AvgIpc) is 2.63. The molecular formula is C22H32N2O2. The normalized spacial score (nSPS) is 22.0. The van der Waals surface area contributed by atoms with Crippen molar-refractivity contribution in [2.45, 2.75) is 57.8 Å². The molecule has 2 fully saturated rings. The first-order chi connectivity index (χ1) is 12.7. The molecule has 1 atom stereocenters. The third-order valence-corrected chi connectivity index (χ3v) is 5.75. The first-order valence-corrected chi connectivity index (χ1v) is 10.3. The fraction of sp³-hybridized carbons (Fsp3) is 0.636. The summed E-state index contributed by atoms with van der Waals surface area (Å²) in [7, 11) is 0. The third-order valence-electron chi connectivity index (χ3n) is 5.75. The smallest absolute Gasteiger partial charge is 0.227 e. The number of carbonyl (C=O) groups is 2. The second kappa shape index (κ2) is 9.75. The van der Waals surface area contributed by atoms with Crippen LogP contribution in [0.25, 0.3) is 0 Å². The van der Waals surface area contributed by atoms with Crippen LogP contribution in [-0.4, -0.2) is 47.8 Å². The molecule has 0 radical (unpaired) electrons. The molecule has 4 heteroatoms. The van der Waals surface area contributed by atoms with Crippen LogP contribution in [0.2, 0.25) is 0 Å². The van der Waals surface area contributed by atoms with Gasteiger partial charge in [0, 0.05) is 32.6 Å². The highest BCUT2D eigenvalue weighted by Crippen LogP contribution is 2.22. The van der Waals surface area contributed by atoms with Gasteiger partial charge in [0.1, 0.15) is 0 Å². The summed E-state index contributed by atoms with van der Waals surface area (Å²) in [4.78, 5) is 29.2. The Kier molecular flexibility index (Phi) is 7.10. The maximum atomic E-state index is 13.0. The lowest BCUT2D eigenvalue weighted by Crippen LogP contribution is -2.48. The Hall–Kier alpha value is -1.84. The number of likely N-dealkylation sites (tertiary alicyclic amines) is 2. The lowest BCUT2D eigenvalue weighted by molar-refractivity contribution is -0.143. The fourth-order valence-electron chi connectivity index (χ4n) is 4.18. The summed E-state index contributed by atoms with van der Waals surface area (Å²) in [5, 5.41) is 0. The van der Waals surface area contributed by atoms with Crippen molar-refractivity contribution in [1.29, 1.82) is 0 Å². The zero-order chi connectivity index (χ0) is 18.2. The number of piperidine rings is 1. The van der Waals surface area contributed by atoms with Crippen LogP contribution in [0.5, 0.6) is 0 Å². The molecule has 1 unspecified atom stereocenters. The fourth-order valence-corrected chi connectivity index (χ4v) is 4.18. The van der Waals surface area contributed by atoms with Crippen molar-refractivity contribution < 1.29 is 9.59 Å². The number of aryl methyl sites for hydroxylation is 1. The molecule has 0 N–H and O–H groups in total. The van der Waals surface area contributed by atoms with Crippen molar-refractivity contribution in [3.05, 3.63) is 35.9 Å². The van der Waals surface area contributed by atoms with Crippen LogP contribution >= 0.6 is 0 Å². The lowest BCUT2D eigenvalue weighted by atomic mass is 9.95. The van der Waals surface area contributed by atoms with Gasteiger partial charge in [-0.1, -0.05) is 49.6 Å². The molecule has 0 aromatic heterocycles. The van der Waals surface area contributed by atoms with Gasteiger partial charge >= 0.3 is 0 Å². The van der Waals surface area contributed by atoms with E-state index < -0.39 is 0 Å². The Labute approximate surface area is 157 Å². The van der Waals surface area contributed by atoms with E-state index in [4.69, 9.17) is 0 Å². The average molecular weight is 357 g/mol. The maximum Gasteiger partial charge on any atom is 0.227 e. The highest BCUT2D eigenvalue weighted by molar-refractivity contribution is 5.83. The molecule has 1 aromatic rings. The Balaban J connectivity index is 1.50. The van der Waals surface area contributed by atoms with Gasteiger partial charge in [-0.25, -0.2) is 0 Å². The Morgan fingerprint density at radius 3 is 2.42 bits per heavy atom. The minimum Gasteiger partial charge on any atom is -0.342 e. The molecule has 2 aliphatic heterocycles. The predicted octanol–water partition coefficient (Wildman–Crippen LogP) is 3.65. The van der Waals surface area contributed by atoms with Gasteiger partial charge in [-0.15, -0.1) is 0 Å². The summed E-state index contributed by atoms with van der Waals surface area (Å²) in [5.41, 5.74) is 1.31. The van der Waals surface area contributed by atoms with Crippen LogP contribution in [0, 0.1) is 5.92 Å². The Morgan fingerprint density at radius 2 is 1.69 bits per heavy atom. The van der Waals surface area contributed by atoms with E-state index in [9.17, 15) is 9.59 Å². The van der Waals surface area contributed by atoms with Crippen LogP contribution in [0.4, 0.5) is 0 Å². The van der Waals surface area contributed by atoms with Gasteiger partial charge in [-0.05, 0) is 37.7 Å². The summed E-state index contributed by atoms with van der Waals surface area (Å²) in [6.07, 6.45) is 9.21. The van der Waals surface area contributed by atoms with E-state index in [1.165, 1.54) is 24.8 Å². The van der Waals surface area contributed by atoms with E-state index in [0.29, 0.717) is 13.0 Å². The van der Waals surface area contributed by atoms with Crippen molar-refractivity contribution in [1.82, 2.24) is 9.80 Å². The standard InChI is InChI=1S/C22H32N2O2/c25-21-14-13-20(22(26)23-15-7-2-1-3-8-16-23)18-24(21)17-9-12-19-10-5-4-6-11-19/h4-6,10-11,20H,1-3,7-9,12-18H2. The van der Waals surface area contributed by atoms with Crippen molar-refractivity contribution in [3.8, 4) is 0 Å². The molecule has 3 rings (SSSR count). The SMILES string of the molecule is O=C1CCC(C(=O)N2CCCCCCC2)CN1CCCc1ccccc1. The highest BCUT2D eigenvalue weighted by atomic mass is 16.2. The first-order valence-electron chi connectivity index (χ1n) is 10.3. The molecule has 0 spiro atoms. The number of rotatable bonds is 5. The molecule has 142 valence electrons. The molecule has 2 saturated heterocycles. The third kappa shape index (κ3) is 5.33. The van der Waals surface area contributed by atoms with Gasteiger partial charge in [-0.3, -0.25) is 9.59 Å². The van der Waals surface area contributed by atoms with Crippen molar-refractivity contribution in [3.63, 3.8) is 0 Å². The maximum absolute atomic E-state index is 13.0. The molecule has 1 aromatic carbocycles. The molecular weight excluding hydrogens is 324 g/mol. The topological polar surface area (TPSA) is 40.6 Å². The van der Waals surface area contributed by atoms with Crippen molar-refractivity contribution in [2.24, 2.45) is 5.92 Å². The molecule has 4 nitrogen and oxygen atoms in total. The predicted molar refractivity (Wildman–Crippen MR) is 104 cm³/mol. The van der Waals surface area contributed by atoms with Gasteiger partial charge < -0.3 is 9.80 Å². The highest BCUT2D eigenvalue weighted by Gasteiger charge is 2.32. The van der Waals surface area contributed by atoms with E-state index >= 15 is 0 Å². The first kappa shape index (κ1) is 18.9. The van der Waals surface area contributed by atoms with Crippen LogP contribution < -0.4 is 0 Å². The quantitative estimate of drug-likeness (QED) is 0.808. The van der Waals surface area contributed by atoms with E-state index in [2.05, 4.69) is 29.2 Å². The van der Waals surface area contributed by atoms with Crippen LogP contribution in [0.3, 0.4) is 0 Å². The number of amides is 2. The van der Waals surface area contributed by atoms with E-state index in [-0.39, 0.29) is 17.7 Å². The van der Waals surface area contributed by atoms with E-state index in [1.54, 1.807) is 0 Å². The van der Waals surface area contributed by atoms with Crippen molar-refractivity contribution in [2.75, 3.05) is 26.2 Å². The molecule has 2 heterocycles. The molecule has 2 amide bonds. The van der Waals surface area contributed by atoms with E-state index in [1.807, 2.05) is 11.0 Å². The monoisotopic (exact) mass is 356 g/mol. The summed E-state index contributed by atoms with van der Waals surface area (Å²) in [5.74, 6) is 0.506. The Morgan fingerprint density at radius 1 is 1.00 bits per heavy atom. The van der Waals surface area contributed by atoms with Gasteiger partial charge in [-0.2, -0.15) is 0 Å². The number of hydrogen-bond acceptors (Lipinski definition) is 2. The zero-order valence-corrected chi connectivity index (χ0v) is 15.9. The number of benzene rings is 1. The lowest BCUT2D eigenvalue weighted by Gasteiger charge is -2.35.